The highest BCUT2D eigenvalue weighted by Gasteiger charge is 2.31. The Kier molecular flexibility index (Phi) is 6.93. The van der Waals surface area contributed by atoms with Crippen LogP contribution in [0.2, 0.25) is 0 Å². The topological polar surface area (TPSA) is 137 Å². The Hall–Kier alpha value is -5.07. The first-order valence-corrected chi connectivity index (χ1v) is 10.9. The van der Waals surface area contributed by atoms with Crippen LogP contribution in [0.3, 0.4) is 0 Å². The largest absolute Gasteiger partial charge is 0.479 e. The number of nitro groups is 1. The second-order valence-corrected chi connectivity index (χ2v) is 7.94. The second-order valence-electron chi connectivity index (χ2n) is 7.94. The van der Waals surface area contributed by atoms with Gasteiger partial charge >= 0.3 is 17.8 Å². The van der Waals surface area contributed by atoms with Crippen LogP contribution in [-0.4, -0.2) is 38.0 Å². The summed E-state index contributed by atoms with van der Waals surface area (Å²) in [5.41, 5.74) is -2.14. The average Bonchev–Trinajstić information content (AvgIpc) is 2.88. The summed E-state index contributed by atoms with van der Waals surface area (Å²) in [7, 11) is 0. The predicted octanol–water partition coefficient (Wildman–Crippen LogP) is 4.72. The Morgan fingerprint density at radius 3 is 2.55 bits per heavy atom. The van der Waals surface area contributed by atoms with Crippen molar-refractivity contribution in [3.63, 3.8) is 0 Å². The molecule has 194 valence electrons. The number of hydrogen-bond acceptors (Lipinski definition) is 7. The molecule has 0 saturated heterocycles. The van der Waals surface area contributed by atoms with E-state index in [4.69, 9.17) is 4.74 Å². The van der Waals surface area contributed by atoms with Crippen molar-refractivity contribution in [3.05, 3.63) is 98.3 Å². The van der Waals surface area contributed by atoms with Gasteiger partial charge in [-0.05, 0) is 37.3 Å². The van der Waals surface area contributed by atoms with Crippen molar-refractivity contribution < 1.29 is 32.7 Å². The van der Waals surface area contributed by atoms with E-state index in [0.717, 1.165) is 35.2 Å². The van der Waals surface area contributed by atoms with Gasteiger partial charge in [0, 0.05) is 17.2 Å². The molecule has 0 aliphatic heterocycles. The maximum Gasteiger partial charge on any atom is 0.416 e. The summed E-state index contributed by atoms with van der Waals surface area (Å²) in [5.74, 6) is -2.02. The molecule has 0 amide bonds. The van der Waals surface area contributed by atoms with Crippen LogP contribution in [0.4, 0.5) is 18.9 Å². The van der Waals surface area contributed by atoms with Crippen LogP contribution in [0.1, 0.15) is 18.1 Å². The predicted molar refractivity (Wildman–Crippen MR) is 130 cm³/mol. The van der Waals surface area contributed by atoms with E-state index in [9.17, 15) is 38.0 Å². The standard InChI is InChI=1S/C25H17F3N4O6/c1-14(24(34)35)38-21-16(7-5-11-20(21)32(36)37)13-29-31-22(15-6-4-8-17(12-15)25(26,27)28)30-19-10-3-2-9-18(19)23(31)33/h2-14H,1H3,(H,34,35)/t14-/m0/s1. The smallest absolute Gasteiger partial charge is 0.416 e. The lowest BCUT2D eigenvalue weighted by atomic mass is 10.1. The molecule has 4 aromatic rings. The fourth-order valence-electron chi connectivity index (χ4n) is 3.52. The van der Waals surface area contributed by atoms with Crippen molar-refractivity contribution in [1.29, 1.82) is 0 Å². The summed E-state index contributed by atoms with van der Waals surface area (Å²) < 4.78 is 46.2. The molecule has 4 rings (SSSR count). The van der Waals surface area contributed by atoms with Gasteiger partial charge in [-0.25, -0.2) is 9.78 Å². The first kappa shape index (κ1) is 26.0. The number of nitrogens with zero attached hydrogens (tertiary/aromatic N) is 4. The van der Waals surface area contributed by atoms with Crippen LogP contribution in [0.5, 0.6) is 5.75 Å². The van der Waals surface area contributed by atoms with Crippen LogP contribution in [0.25, 0.3) is 22.3 Å². The molecule has 0 radical (unpaired) electrons. The molecule has 1 heterocycles. The van der Waals surface area contributed by atoms with Gasteiger partial charge in [0.05, 0.1) is 27.6 Å². The summed E-state index contributed by atoms with van der Waals surface area (Å²) in [4.78, 5) is 39.7. The van der Waals surface area contributed by atoms with Crippen LogP contribution in [0, 0.1) is 10.1 Å². The Labute approximate surface area is 211 Å². The molecule has 1 aromatic heterocycles. The summed E-state index contributed by atoms with van der Waals surface area (Å²) >= 11 is 0. The number of carboxylic acids is 1. The first-order valence-electron chi connectivity index (χ1n) is 10.9. The van der Waals surface area contributed by atoms with Crippen LogP contribution in [-0.2, 0) is 11.0 Å². The third-order valence-electron chi connectivity index (χ3n) is 5.38. The lowest BCUT2D eigenvalue weighted by Crippen LogP contribution is -2.24. The Morgan fingerprint density at radius 1 is 1.16 bits per heavy atom. The molecule has 0 aliphatic rings. The van der Waals surface area contributed by atoms with E-state index in [0.29, 0.717) is 0 Å². The fourth-order valence-corrected chi connectivity index (χ4v) is 3.52. The zero-order valence-electron chi connectivity index (χ0n) is 19.4. The van der Waals surface area contributed by atoms with E-state index in [1.165, 1.54) is 37.3 Å². The zero-order chi connectivity index (χ0) is 27.6. The van der Waals surface area contributed by atoms with E-state index in [1.54, 1.807) is 12.1 Å². The number of benzene rings is 3. The molecule has 3 aromatic carbocycles. The van der Waals surface area contributed by atoms with Gasteiger partial charge < -0.3 is 9.84 Å². The van der Waals surface area contributed by atoms with Gasteiger partial charge in [0.25, 0.3) is 5.56 Å². The van der Waals surface area contributed by atoms with E-state index in [-0.39, 0.29) is 27.9 Å². The third-order valence-corrected chi connectivity index (χ3v) is 5.38. The molecule has 0 saturated carbocycles. The molecule has 1 atom stereocenters. The number of hydrogen-bond donors (Lipinski definition) is 1. The summed E-state index contributed by atoms with van der Waals surface area (Å²) in [6.07, 6.45) is -5.11. The monoisotopic (exact) mass is 526 g/mol. The van der Waals surface area contributed by atoms with Gasteiger partial charge in [-0.3, -0.25) is 14.9 Å². The molecule has 0 aliphatic carbocycles. The van der Waals surface area contributed by atoms with Gasteiger partial charge in [-0.1, -0.05) is 30.3 Å². The number of alkyl halides is 3. The minimum atomic E-state index is -4.66. The normalized spacial score (nSPS) is 12.5. The van der Waals surface area contributed by atoms with E-state index < -0.39 is 45.7 Å². The van der Waals surface area contributed by atoms with Gasteiger partial charge in [-0.2, -0.15) is 22.9 Å². The highest BCUT2D eigenvalue weighted by Crippen LogP contribution is 2.33. The number of halogens is 3. The highest BCUT2D eigenvalue weighted by molar-refractivity contribution is 5.87. The molecule has 0 fully saturated rings. The lowest BCUT2D eigenvalue weighted by molar-refractivity contribution is -0.386. The van der Waals surface area contributed by atoms with Crippen molar-refractivity contribution >= 4 is 28.8 Å². The number of aromatic nitrogens is 2. The van der Waals surface area contributed by atoms with Gasteiger partial charge in [0.1, 0.15) is 0 Å². The molecule has 10 nitrogen and oxygen atoms in total. The lowest BCUT2D eigenvalue weighted by Gasteiger charge is -2.13. The summed E-state index contributed by atoms with van der Waals surface area (Å²) in [6, 6.07) is 14.1. The second kappa shape index (κ2) is 10.1. The molecular formula is C25H17F3N4O6. The van der Waals surface area contributed by atoms with Crippen molar-refractivity contribution in [2.75, 3.05) is 0 Å². The molecule has 1 N–H and O–H groups in total. The fraction of sp³-hybridized carbons (Fsp3) is 0.120. The van der Waals surface area contributed by atoms with E-state index >= 15 is 0 Å². The molecular weight excluding hydrogens is 509 g/mol. The molecule has 0 bridgehead atoms. The number of aliphatic carboxylic acids is 1. The van der Waals surface area contributed by atoms with E-state index in [2.05, 4.69) is 10.1 Å². The van der Waals surface area contributed by atoms with Crippen molar-refractivity contribution in [2.24, 2.45) is 5.10 Å². The van der Waals surface area contributed by atoms with E-state index in [1.807, 2.05) is 0 Å². The Morgan fingerprint density at radius 2 is 1.87 bits per heavy atom. The highest BCUT2D eigenvalue weighted by atomic mass is 19.4. The third kappa shape index (κ3) is 5.21. The molecule has 38 heavy (non-hydrogen) atoms. The molecule has 0 unspecified atom stereocenters. The van der Waals surface area contributed by atoms with Crippen LogP contribution in [0.15, 0.2) is 76.6 Å². The summed E-state index contributed by atoms with van der Waals surface area (Å²) in [5, 5.41) is 24.9. The number of carboxylic acid groups (broad SMARTS) is 1. The number of nitro benzene ring substituents is 1. The maximum atomic E-state index is 13.4. The molecule has 13 heteroatoms. The number of para-hydroxylation sites is 2. The van der Waals surface area contributed by atoms with Gasteiger partial charge in [-0.15, -0.1) is 0 Å². The van der Waals surface area contributed by atoms with Crippen molar-refractivity contribution in [1.82, 2.24) is 9.66 Å². The zero-order valence-corrected chi connectivity index (χ0v) is 19.4. The number of rotatable bonds is 7. The van der Waals surface area contributed by atoms with Crippen molar-refractivity contribution in [3.8, 4) is 17.1 Å². The quantitative estimate of drug-likeness (QED) is 0.209. The maximum absolute atomic E-state index is 13.4. The molecule has 0 spiro atoms. The van der Waals surface area contributed by atoms with Gasteiger partial charge in [0.2, 0.25) is 5.75 Å². The van der Waals surface area contributed by atoms with Crippen molar-refractivity contribution in [2.45, 2.75) is 19.2 Å². The number of carbonyl (C=O) groups is 1. The van der Waals surface area contributed by atoms with Crippen LogP contribution >= 0.6 is 0 Å². The SMILES string of the molecule is C[C@H](Oc1c(C=Nn2c(-c3cccc(C(F)(F)F)c3)nc3ccccc3c2=O)cccc1[N+](=O)[O-])C(=O)O. The van der Waals surface area contributed by atoms with Crippen LogP contribution < -0.4 is 10.3 Å². The Balaban J connectivity index is 1.93. The minimum absolute atomic E-state index is 0.0534. The first-order chi connectivity index (χ1) is 18.0. The average molecular weight is 526 g/mol. The Bertz CT molecular complexity index is 1650. The minimum Gasteiger partial charge on any atom is -0.479 e. The van der Waals surface area contributed by atoms with Gasteiger partial charge in [0.15, 0.2) is 11.9 Å². The summed E-state index contributed by atoms with van der Waals surface area (Å²) in [6.45, 7) is 1.17. The number of ether oxygens (including phenoxy) is 1. The number of fused-ring (bicyclic) bond motifs is 1.